The molecule has 3 rings (SSSR count). The molecular formula is C23H32ClN3O3. The van der Waals surface area contributed by atoms with E-state index in [0.717, 1.165) is 12.8 Å². The molecule has 0 saturated carbocycles. The van der Waals surface area contributed by atoms with Gasteiger partial charge >= 0.3 is 0 Å². The summed E-state index contributed by atoms with van der Waals surface area (Å²) >= 11 is 5.94. The van der Waals surface area contributed by atoms with Crippen LogP contribution in [-0.4, -0.2) is 47.5 Å². The number of nitrogens with zero attached hydrogens (tertiary/aromatic N) is 1. The molecule has 3 N–H and O–H groups in total. The van der Waals surface area contributed by atoms with Gasteiger partial charge < -0.3 is 15.7 Å². The zero-order valence-corrected chi connectivity index (χ0v) is 18.4. The van der Waals surface area contributed by atoms with Crippen molar-refractivity contribution in [1.29, 1.82) is 0 Å². The minimum Gasteiger partial charge on any atom is -0.506 e. The number of halogens is 1. The largest absolute Gasteiger partial charge is 0.506 e. The van der Waals surface area contributed by atoms with E-state index in [1.54, 1.807) is 12.1 Å². The number of amides is 2. The Morgan fingerprint density at radius 2 is 2.03 bits per heavy atom. The fraction of sp³-hybridized carbons (Fsp3) is 0.565. The molecule has 1 fully saturated rings. The Balaban J connectivity index is 1.41. The Labute approximate surface area is 183 Å². The van der Waals surface area contributed by atoms with Gasteiger partial charge in [-0.05, 0) is 83.2 Å². The topological polar surface area (TPSA) is 81.7 Å². The van der Waals surface area contributed by atoms with Crippen molar-refractivity contribution in [2.24, 2.45) is 5.92 Å². The van der Waals surface area contributed by atoms with Gasteiger partial charge in [0.2, 0.25) is 11.8 Å². The molecular weight excluding hydrogens is 402 g/mol. The fourth-order valence-corrected chi connectivity index (χ4v) is 4.36. The first-order valence-corrected chi connectivity index (χ1v) is 11.3. The second-order valence-electron chi connectivity index (χ2n) is 8.29. The number of aromatic hydroxyl groups is 1. The Hall–Kier alpha value is -2.05. The van der Waals surface area contributed by atoms with Crippen LogP contribution in [0, 0.1) is 5.92 Å². The second kappa shape index (κ2) is 10.8. The lowest BCUT2D eigenvalue weighted by Crippen LogP contribution is -2.49. The summed E-state index contributed by atoms with van der Waals surface area (Å²) < 4.78 is 0. The standard InChI is InChI=1S/C23H32ClN3O3/c1-16(22(29)25-12-9-17-5-3-2-4-6-17)27-13-10-18(11-14-27)23(30)26-20-15-19(24)7-8-21(20)28/h5,7-8,15-16,18,28H,2-4,6,9-14H2,1H3,(H,25,29)(H,26,30). The van der Waals surface area contributed by atoms with Crippen molar-refractivity contribution >= 4 is 29.1 Å². The number of likely N-dealkylation sites (tertiary alicyclic amines) is 1. The zero-order valence-electron chi connectivity index (χ0n) is 17.6. The average molecular weight is 434 g/mol. The molecule has 1 atom stereocenters. The predicted molar refractivity (Wildman–Crippen MR) is 120 cm³/mol. The highest BCUT2D eigenvalue weighted by Gasteiger charge is 2.30. The number of carbonyl (C=O) groups is 2. The maximum Gasteiger partial charge on any atom is 0.237 e. The van der Waals surface area contributed by atoms with Crippen LogP contribution in [0.2, 0.25) is 5.02 Å². The maximum atomic E-state index is 12.6. The van der Waals surface area contributed by atoms with Gasteiger partial charge in [0.15, 0.2) is 0 Å². The first-order chi connectivity index (χ1) is 14.4. The first-order valence-electron chi connectivity index (χ1n) is 10.9. The number of piperidine rings is 1. The summed E-state index contributed by atoms with van der Waals surface area (Å²) in [7, 11) is 0. The quantitative estimate of drug-likeness (QED) is 0.446. The molecule has 6 nitrogen and oxygen atoms in total. The number of hydrogen-bond acceptors (Lipinski definition) is 4. The summed E-state index contributed by atoms with van der Waals surface area (Å²) in [5.74, 6) is -0.212. The van der Waals surface area contributed by atoms with Gasteiger partial charge in [0.05, 0.1) is 11.7 Å². The number of phenols is 1. The molecule has 0 spiro atoms. The third kappa shape index (κ3) is 6.22. The summed E-state index contributed by atoms with van der Waals surface area (Å²) in [5, 5.41) is 16.2. The number of anilines is 1. The molecule has 0 bridgehead atoms. The third-order valence-electron chi connectivity index (χ3n) is 6.17. The molecule has 0 aromatic heterocycles. The van der Waals surface area contributed by atoms with Gasteiger partial charge in [0.25, 0.3) is 0 Å². The van der Waals surface area contributed by atoms with E-state index >= 15 is 0 Å². The predicted octanol–water partition coefficient (Wildman–Crippen LogP) is 4.09. The van der Waals surface area contributed by atoms with E-state index in [0.29, 0.717) is 43.2 Å². The number of carbonyl (C=O) groups excluding carboxylic acids is 2. The number of hydrogen-bond donors (Lipinski definition) is 3. The molecule has 164 valence electrons. The lowest BCUT2D eigenvalue weighted by molar-refractivity contribution is -0.127. The van der Waals surface area contributed by atoms with Gasteiger partial charge in [-0.25, -0.2) is 0 Å². The van der Waals surface area contributed by atoms with Gasteiger partial charge in [-0.15, -0.1) is 0 Å². The van der Waals surface area contributed by atoms with E-state index in [2.05, 4.69) is 21.6 Å². The molecule has 1 heterocycles. The number of benzene rings is 1. The van der Waals surface area contributed by atoms with Gasteiger partial charge in [-0.3, -0.25) is 14.5 Å². The van der Waals surface area contributed by atoms with E-state index < -0.39 is 0 Å². The van der Waals surface area contributed by atoms with Crippen LogP contribution in [0.3, 0.4) is 0 Å². The van der Waals surface area contributed by atoms with Crippen LogP contribution in [0.25, 0.3) is 0 Å². The molecule has 2 aliphatic rings. The minimum atomic E-state index is -0.202. The highest BCUT2D eigenvalue weighted by atomic mass is 35.5. The highest BCUT2D eigenvalue weighted by molar-refractivity contribution is 6.31. The van der Waals surface area contributed by atoms with Gasteiger partial charge in [-0.2, -0.15) is 0 Å². The Morgan fingerprint density at radius 1 is 1.27 bits per heavy atom. The molecule has 1 saturated heterocycles. The molecule has 1 aromatic rings. The number of nitrogens with one attached hydrogen (secondary N) is 2. The Kier molecular flexibility index (Phi) is 8.16. The van der Waals surface area contributed by atoms with Crippen LogP contribution >= 0.6 is 11.6 Å². The molecule has 1 aliphatic carbocycles. The van der Waals surface area contributed by atoms with Crippen molar-refractivity contribution in [2.45, 2.75) is 57.9 Å². The molecule has 7 heteroatoms. The van der Waals surface area contributed by atoms with Crippen LogP contribution in [0.15, 0.2) is 29.8 Å². The lowest BCUT2D eigenvalue weighted by Gasteiger charge is -2.34. The molecule has 1 aliphatic heterocycles. The van der Waals surface area contributed by atoms with Crippen molar-refractivity contribution in [2.75, 3.05) is 25.0 Å². The summed E-state index contributed by atoms with van der Waals surface area (Å²) in [6.45, 7) is 4.01. The van der Waals surface area contributed by atoms with Crippen molar-refractivity contribution in [3.8, 4) is 5.75 Å². The van der Waals surface area contributed by atoms with Crippen LogP contribution in [0.5, 0.6) is 5.75 Å². The van der Waals surface area contributed by atoms with E-state index in [4.69, 9.17) is 11.6 Å². The molecule has 0 radical (unpaired) electrons. The summed E-state index contributed by atoms with van der Waals surface area (Å²) in [5.41, 5.74) is 1.79. The maximum absolute atomic E-state index is 12.6. The summed E-state index contributed by atoms with van der Waals surface area (Å²) in [6, 6.07) is 4.38. The number of rotatable bonds is 7. The van der Waals surface area contributed by atoms with E-state index in [-0.39, 0.29) is 29.5 Å². The molecule has 30 heavy (non-hydrogen) atoms. The Morgan fingerprint density at radius 3 is 2.73 bits per heavy atom. The van der Waals surface area contributed by atoms with Crippen LogP contribution in [0.1, 0.15) is 51.9 Å². The second-order valence-corrected chi connectivity index (χ2v) is 8.72. The van der Waals surface area contributed by atoms with E-state index in [1.807, 2.05) is 6.92 Å². The summed E-state index contributed by atoms with van der Waals surface area (Å²) in [4.78, 5) is 27.2. The summed E-state index contributed by atoms with van der Waals surface area (Å²) in [6.07, 6.45) is 9.48. The van der Waals surface area contributed by atoms with Gasteiger partial charge in [-0.1, -0.05) is 23.3 Å². The Bertz CT molecular complexity index is 788. The fourth-order valence-electron chi connectivity index (χ4n) is 4.18. The van der Waals surface area contributed by atoms with Crippen molar-refractivity contribution in [1.82, 2.24) is 10.2 Å². The van der Waals surface area contributed by atoms with Gasteiger partial charge in [0, 0.05) is 17.5 Å². The van der Waals surface area contributed by atoms with E-state index in [1.165, 1.54) is 30.9 Å². The molecule has 1 unspecified atom stereocenters. The number of phenolic OH excluding ortho intramolecular Hbond substituents is 1. The third-order valence-corrected chi connectivity index (χ3v) is 6.41. The van der Waals surface area contributed by atoms with Crippen molar-refractivity contribution < 1.29 is 14.7 Å². The zero-order chi connectivity index (χ0) is 21.5. The van der Waals surface area contributed by atoms with Crippen molar-refractivity contribution in [3.63, 3.8) is 0 Å². The normalized spacial score (nSPS) is 19.1. The SMILES string of the molecule is CC(C(=O)NCCC1=CCCCC1)N1CCC(C(=O)Nc2cc(Cl)ccc2O)CC1. The van der Waals surface area contributed by atoms with E-state index in [9.17, 15) is 14.7 Å². The van der Waals surface area contributed by atoms with Gasteiger partial charge in [0.1, 0.15) is 5.75 Å². The molecule has 2 amide bonds. The van der Waals surface area contributed by atoms with Crippen LogP contribution in [0.4, 0.5) is 5.69 Å². The van der Waals surface area contributed by atoms with Crippen LogP contribution in [-0.2, 0) is 9.59 Å². The average Bonchev–Trinajstić information content (AvgIpc) is 2.76. The van der Waals surface area contributed by atoms with Crippen molar-refractivity contribution in [3.05, 3.63) is 34.9 Å². The molecule has 1 aromatic carbocycles. The van der Waals surface area contributed by atoms with Crippen LogP contribution < -0.4 is 10.6 Å². The number of allylic oxidation sites excluding steroid dienone is 1. The highest BCUT2D eigenvalue weighted by Crippen LogP contribution is 2.28. The minimum absolute atomic E-state index is 0.000491. The monoisotopic (exact) mass is 433 g/mol. The lowest BCUT2D eigenvalue weighted by atomic mass is 9.94. The first kappa shape index (κ1) is 22.6. The smallest absolute Gasteiger partial charge is 0.237 e.